The fraction of sp³-hybridized carbons (Fsp3) is 0.400. The third-order valence-electron chi connectivity index (χ3n) is 2.26. The van der Waals surface area contributed by atoms with Crippen LogP contribution in [0.3, 0.4) is 0 Å². The first-order valence-corrected chi connectivity index (χ1v) is 6.91. The molecule has 0 radical (unpaired) electrons. The molecule has 0 aromatic heterocycles. The molecule has 4 heteroatoms. The quantitative estimate of drug-likeness (QED) is 0.745. The van der Waals surface area contributed by atoms with Crippen molar-refractivity contribution < 1.29 is 14.3 Å². The Morgan fingerprint density at radius 2 is 1.64 bits per heavy atom. The summed E-state index contributed by atoms with van der Waals surface area (Å²) in [5, 5.41) is -0.908. The molecular weight excluding hydrogens is 196 g/mol. The molecule has 14 heavy (non-hydrogen) atoms. The van der Waals surface area contributed by atoms with E-state index in [-0.39, 0.29) is 0 Å². The number of para-hydroxylation sites is 1. The smallest absolute Gasteiger partial charge is 0.374 e. The second kappa shape index (κ2) is 3.72. The zero-order chi connectivity index (χ0) is 10.8. The van der Waals surface area contributed by atoms with Gasteiger partial charge in [-0.2, -0.15) is 0 Å². The summed E-state index contributed by atoms with van der Waals surface area (Å²) in [6.45, 7) is 4.81. The second-order valence-electron chi connectivity index (χ2n) is 3.95. The molecule has 1 aromatic carbocycles. The van der Waals surface area contributed by atoms with Crippen molar-refractivity contribution >= 4 is 8.56 Å². The molecule has 78 valence electrons. The fourth-order valence-corrected chi connectivity index (χ4v) is 1.19. The Hall–Kier alpha value is -0.843. The molecule has 0 bridgehead atoms. The summed E-state index contributed by atoms with van der Waals surface area (Å²) in [6, 6.07) is 9.16. The number of ether oxygens (including phenoxy) is 1. The molecule has 0 spiro atoms. The van der Waals surface area contributed by atoms with Crippen molar-refractivity contribution in [3.8, 4) is 5.75 Å². The Labute approximate surface area is 85.2 Å². The van der Waals surface area contributed by atoms with Gasteiger partial charge in [0.1, 0.15) is 11.0 Å². The van der Waals surface area contributed by atoms with E-state index in [9.17, 15) is 9.59 Å². The normalized spacial score (nSPS) is 12.6. The van der Waals surface area contributed by atoms with Crippen molar-refractivity contribution in [2.75, 3.05) is 0 Å². The van der Waals surface area contributed by atoms with E-state index in [1.165, 1.54) is 6.55 Å². The van der Waals surface area contributed by atoms with Crippen molar-refractivity contribution in [3.63, 3.8) is 0 Å². The van der Waals surface area contributed by atoms with Crippen molar-refractivity contribution in [1.82, 2.24) is 0 Å². The molecular formula is C10H16O3Si. The number of hydrogen-bond donors (Lipinski definition) is 2. The van der Waals surface area contributed by atoms with Crippen molar-refractivity contribution in [3.05, 3.63) is 30.3 Å². The predicted octanol–water partition coefficient (Wildman–Crippen LogP) is 1.44. The topological polar surface area (TPSA) is 49.7 Å². The maximum Gasteiger partial charge on any atom is 0.374 e. The predicted molar refractivity (Wildman–Crippen MR) is 57.2 cm³/mol. The Morgan fingerprint density at radius 3 is 2.07 bits per heavy atom. The molecule has 0 fully saturated rings. The van der Waals surface area contributed by atoms with Crippen LogP contribution in [0, 0.1) is 0 Å². The van der Waals surface area contributed by atoms with E-state index in [4.69, 9.17) is 4.74 Å². The standard InChI is InChI=1S/C10H16O3Si/c1-10(2,14(3,11)12)13-9-7-5-4-6-8-9/h4-8,11-12H,1-3H3. The van der Waals surface area contributed by atoms with E-state index in [2.05, 4.69) is 0 Å². The lowest BCUT2D eigenvalue weighted by molar-refractivity contribution is 0.129. The van der Waals surface area contributed by atoms with Gasteiger partial charge in [0.25, 0.3) is 0 Å². The SMILES string of the molecule is CC(C)(Oc1ccccc1)[Si](C)(O)O. The number of benzene rings is 1. The molecule has 0 aliphatic heterocycles. The van der Waals surface area contributed by atoms with Crippen LogP contribution in [0.15, 0.2) is 30.3 Å². The van der Waals surface area contributed by atoms with Crippen LogP contribution >= 0.6 is 0 Å². The summed E-state index contributed by atoms with van der Waals surface area (Å²) < 4.78 is 5.53. The summed E-state index contributed by atoms with van der Waals surface area (Å²) in [6.07, 6.45) is 0. The van der Waals surface area contributed by atoms with E-state index < -0.39 is 13.8 Å². The zero-order valence-corrected chi connectivity index (χ0v) is 9.69. The lowest BCUT2D eigenvalue weighted by atomic mass is 10.3. The highest BCUT2D eigenvalue weighted by Crippen LogP contribution is 2.23. The maximum absolute atomic E-state index is 9.58. The number of rotatable bonds is 3. The van der Waals surface area contributed by atoms with E-state index >= 15 is 0 Å². The van der Waals surface area contributed by atoms with Crippen LogP contribution in [0.4, 0.5) is 0 Å². The minimum atomic E-state index is -3.29. The van der Waals surface area contributed by atoms with E-state index in [0.29, 0.717) is 5.75 Å². The summed E-state index contributed by atoms with van der Waals surface area (Å²) in [5.74, 6) is 0.652. The van der Waals surface area contributed by atoms with Crippen LogP contribution in [0.2, 0.25) is 6.55 Å². The number of hydrogen-bond acceptors (Lipinski definition) is 3. The second-order valence-corrected chi connectivity index (χ2v) is 7.19. The Morgan fingerprint density at radius 1 is 1.14 bits per heavy atom. The molecule has 0 aliphatic rings. The Balaban J connectivity index is 2.79. The van der Waals surface area contributed by atoms with Crippen LogP contribution in [0.5, 0.6) is 5.75 Å². The fourth-order valence-electron chi connectivity index (χ4n) is 0.880. The van der Waals surface area contributed by atoms with Gasteiger partial charge in [-0.05, 0) is 32.5 Å². The van der Waals surface area contributed by atoms with Crippen LogP contribution in [-0.4, -0.2) is 23.4 Å². The molecule has 0 saturated heterocycles. The van der Waals surface area contributed by atoms with Gasteiger partial charge in [-0.25, -0.2) is 0 Å². The summed E-state index contributed by atoms with van der Waals surface area (Å²) >= 11 is 0. The van der Waals surface area contributed by atoms with Crippen molar-refractivity contribution in [1.29, 1.82) is 0 Å². The van der Waals surface area contributed by atoms with Crippen LogP contribution in [0.25, 0.3) is 0 Å². The van der Waals surface area contributed by atoms with Crippen molar-refractivity contribution in [2.24, 2.45) is 0 Å². The van der Waals surface area contributed by atoms with Gasteiger partial charge in [-0.1, -0.05) is 18.2 Å². The Kier molecular flexibility index (Phi) is 2.99. The monoisotopic (exact) mass is 212 g/mol. The molecule has 0 heterocycles. The highest BCUT2D eigenvalue weighted by Gasteiger charge is 2.44. The van der Waals surface area contributed by atoms with Gasteiger partial charge in [0, 0.05) is 0 Å². The average Bonchev–Trinajstić information content (AvgIpc) is 2.03. The minimum Gasteiger partial charge on any atom is -0.486 e. The lowest BCUT2D eigenvalue weighted by Crippen LogP contribution is -2.57. The van der Waals surface area contributed by atoms with Gasteiger partial charge >= 0.3 is 8.56 Å². The van der Waals surface area contributed by atoms with Crippen molar-refractivity contribution in [2.45, 2.75) is 25.6 Å². The van der Waals surface area contributed by atoms with Gasteiger partial charge in [0.05, 0.1) is 0 Å². The van der Waals surface area contributed by atoms with E-state index in [1.54, 1.807) is 26.0 Å². The van der Waals surface area contributed by atoms with Gasteiger partial charge in [0.15, 0.2) is 0 Å². The van der Waals surface area contributed by atoms with Gasteiger partial charge in [0.2, 0.25) is 0 Å². The molecule has 2 N–H and O–H groups in total. The van der Waals surface area contributed by atoms with E-state index in [0.717, 1.165) is 0 Å². The van der Waals surface area contributed by atoms with Crippen LogP contribution in [0.1, 0.15) is 13.8 Å². The largest absolute Gasteiger partial charge is 0.486 e. The lowest BCUT2D eigenvalue weighted by Gasteiger charge is -2.33. The third-order valence-corrected chi connectivity index (χ3v) is 4.64. The molecule has 1 aromatic rings. The van der Waals surface area contributed by atoms with Gasteiger partial charge in [-0.3, -0.25) is 0 Å². The summed E-state index contributed by atoms with van der Waals surface area (Å²) in [7, 11) is -3.29. The highest BCUT2D eigenvalue weighted by molar-refractivity contribution is 6.66. The molecule has 0 unspecified atom stereocenters. The molecule has 1 rings (SSSR count). The molecule has 3 nitrogen and oxygen atoms in total. The van der Waals surface area contributed by atoms with Gasteiger partial charge in [-0.15, -0.1) is 0 Å². The van der Waals surface area contributed by atoms with Crippen LogP contribution in [-0.2, 0) is 0 Å². The zero-order valence-electron chi connectivity index (χ0n) is 8.69. The minimum absolute atomic E-state index is 0.652. The Bertz CT molecular complexity index is 290. The van der Waals surface area contributed by atoms with E-state index in [1.807, 2.05) is 18.2 Å². The van der Waals surface area contributed by atoms with Gasteiger partial charge < -0.3 is 14.3 Å². The molecule has 0 amide bonds. The van der Waals surface area contributed by atoms with Crippen LogP contribution < -0.4 is 4.74 Å². The molecule has 0 saturated carbocycles. The highest BCUT2D eigenvalue weighted by atomic mass is 28.4. The summed E-state index contributed by atoms with van der Waals surface area (Å²) in [5.41, 5.74) is 0. The first-order chi connectivity index (χ1) is 6.33. The maximum atomic E-state index is 9.58. The summed E-state index contributed by atoms with van der Waals surface area (Å²) in [4.78, 5) is 19.2. The first-order valence-electron chi connectivity index (χ1n) is 4.52. The molecule has 0 atom stereocenters. The average molecular weight is 212 g/mol. The molecule has 0 aliphatic carbocycles. The first kappa shape index (κ1) is 11.2. The third kappa shape index (κ3) is 2.57.